The fourth-order valence-corrected chi connectivity index (χ4v) is 4.23. The number of hydrogen-bond donors (Lipinski definition) is 2. The highest BCUT2D eigenvalue weighted by Gasteiger charge is 2.39. The van der Waals surface area contributed by atoms with Gasteiger partial charge in [-0.2, -0.15) is 0 Å². The van der Waals surface area contributed by atoms with Gasteiger partial charge in [0.15, 0.2) is 6.10 Å². The van der Waals surface area contributed by atoms with Crippen LogP contribution in [0.1, 0.15) is 24.4 Å². The van der Waals surface area contributed by atoms with Crippen molar-refractivity contribution in [3.63, 3.8) is 0 Å². The van der Waals surface area contributed by atoms with Gasteiger partial charge in [-0.15, -0.1) is 0 Å². The van der Waals surface area contributed by atoms with Gasteiger partial charge in [0, 0.05) is 19.1 Å². The predicted octanol–water partition coefficient (Wildman–Crippen LogP) is -0.217. The Morgan fingerprint density at radius 2 is 1.88 bits per heavy atom. The molecule has 2 atom stereocenters. The van der Waals surface area contributed by atoms with E-state index in [1.165, 1.54) is 0 Å². The number of carbonyl (C=O) groups excluding carboxylic acids is 2. The van der Waals surface area contributed by atoms with Gasteiger partial charge in [-0.05, 0) is 18.4 Å². The van der Waals surface area contributed by atoms with Gasteiger partial charge in [-0.3, -0.25) is 9.59 Å². The first-order valence-corrected chi connectivity index (χ1v) is 10.4. The van der Waals surface area contributed by atoms with Crippen LogP contribution in [0.2, 0.25) is 0 Å². The number of piperidine rings is 1. The number of ether oxygens (including phenoxy) is 1. The average Bonchev–Trinajstić information content (AvgIpc) is 2.61. The van der Waals surface area contributed by atoms with Crippen LogP contribution in [-0.2, 0) is 24.3 Å². The average molecular weight is 381 g/mol. The van der Waals surface area contributed by atoms with E-state index >= 15 is 0 Å². The number of carbonyl (C=O) groups is 2. The topological polar surface area (TPSA) is 105 Å². The van der Waals surface area contributed by atoms with Crippen molar-refractivity contribution in [3.8, 4) is 0 Å². The smallest absolute Gasteiger partial charge is 0.254 e. The first-order chi connectivity index (χ1) is 12.3. The Hall–Kier alpha value is -1.97. The molecule has 142 valence electrons. The molecule has 3 rings (SSSR count). The Morgan fingerprint density at radius 3 is 2.50 bits per heavy atom. The molecule has 0 radical (unpaired) electrons. The lowest BCUT2D eigenvalue weighted by molar-refractivity contribution is -0.156. The van der Waals surface area contributed by atoms with Crippen molar-refractivity contribution < 1.29 is 22.7 Å². The highest BCUT2D eigenvalue weighted by molar-refractivity contribution is 7.88. The zero-order chi connectivity index (χ0) is 18.7. The van der Waals surface area contributed by atoms with Crippen LogP contribution in [0.5, 0.6) is 0 Å². The summed E-state index contributed by atoms with van der Waals surface area (Å²) in [5, 5.41) is 2.84. The number of nitrogens with one attached hydrogen (secondary N) is 2. The second kappa shape index (κ2) is 7.73. The first-order valence-electron chi connectivity index (χ1n) is 8.55. The van der Waals surface area contributed by atoms with Crippen molar-refractivity contribution in [2.45, 2.75) is 31.0 Å². The minimum Gasteiger partial charge on any atom is -0.356 e. The maximum absolute atomic E-state index is 12.9. The normalized spacial score (nSPS) is 25.0. The van der Waals surface area contributed by atoms with Crippen molar-refractivity contribution in [3.05, 3.63) is 35.9 Å². The summed E-state index contributed by atoms with van der Waals surface area (Å²) in [4.78, 5) is 26.4. The molecule has 2 aliphatic rings. The van der Waals surface area contributed by atoms with Crippen LogP contribution in [0.3, 0.4) is 0 Å². The number of amides is 2. The van der Waals surface area contributed by atoms with E-state index in [9.17, 15) is 18.0 Å². The van der Waals surface area contributed by atoms with Gasteiger partial charge in [0.25, 0.3) is 5.91 Å². The van der Waals surface area contributed by atoms with Crippen LogP contribution in [0.15, 0.2) is 30.3 Å². The Kier molecular flexibility index (Phi) is 5.59. The molecule has 1 aromatic rings. The molecular weight excluding hydrogens is 358 g/mol. The van der Waals surface area contributed by atoms with Crippen molar-refractivity contribution in [1.29, 1.82) is 0 Å². The molecule has 2 aliphatic heterocycles. The molecule has 2 amide bonds. The molecule has 2 fully saturated rings. The summed E-state index contributed by atoms with van der Waals surface area (Å²) in [5.41, 5.74) is 0.813. The Balaban J connectivity index is 1.67. The summed E-state index contributed by atoms with van der Waals surface area (Å²) in [6.45, 7) is 0.745. The third-order valence-corrected chi connectivity index (χ3v) is 5.36. The summed E-state index contributed by atoms with van der Waals surface area (Å²) < 4.78 is 30.8. The fourth-order valence-electron chi connectivity index (χ4n) is 3.39. The predicted molar refractivity (Wildman–Crippen MR) is 94.6 cm³/mol. The molecule has 0 saturated carbocycles. The van der Waals surface area contributed by atoms with Crippen LogP contribution < -0.4 is 10.0 Å². The molecule has 0 bridgehead atoms. The van der Waals surface area contributed by atoms with Gasteiger partial charge in [0.2, 0.25) is 15.9 Å². The molecule has 0 aliphatic carbocycles. The minimum atomic E-state index is -3.26. The monoisotopic (exact) mass is 381 g/mol. The van der Waals surface area contributed by atoms with E-state index in [1.54, 1.807) is 4.90 Å². The van der Waals surface area contributed by atoms with Crippen LogP contribution in [0, 0.1) is 0 Å². The van der Waals surface area contributed by atoms with E-state index in [2.05, 4.69) is 10.0 Å². The first kappa shape index (κ1) is 18.8. The standard InChI is InChI=1S/C17H23N3O5S/c1-26(23,24)19-13-7-9-20(10-8-13)17(22)16-15(18-14(21)11-25-16)12-5-3-2-4-6-12/h2-6,13,15-16,19H,7-11H2,1H3,(H,18,21)/t15-,16+/m1/s1. The fraction of sp³-hybridized carbons (Fsp3) is 0.529. The summed E-state index contributed by atoms with van der Waals surface area (Å²) in [6, 6.07) is 8.57. The van der Waals surface area contributed by atoms with Crippen LogP contribution in [0.25, 0.3) is 0 Å². The molecule has 0 unspecified atom stereocenters. The molecule has 0 spiro atoms. The second-order valence-electron chi connectivity index (χ2n) is 6.68. The van der Waals surface area contributed by atoms with Crippen molar-refractivity contribution in [2.75, 3.05) is 26.0 Å². The SMILES string of the molecule is CS(=O)(=O)NC1CCN(C(=O)[C@H]2OCC(=O)N[C@@H]2c2ccccc2)CC1. The van der Waals surface area contributed by atoms with Gasteiger partial charge in [-0.1, -0.05) is 30.3 Å². The van der Waals surface area contributed by atoms with Crippen molar-refractivity contribution in [2.24, 2.45) is 0 Å². The Bertz CT molecular complexity index is 760. The largest absolute Gasteiger partial charge is 0.356 e. The lowest BCUT2D eigenvalue weighted by Crippen LogP contribution is -2.55. The molecule has 0 aromatic heterocycles. The van der Waals surface area contributed by atoms with Crippen LogP contribution in [0.4, 0.5) is 0 Å². The van der Waals surface area contributed by atoms with E-state index in [0.717, 1.165) is 11.8 Å². The quantitative estimate of drug-likeness (QED) is 0.751. The van der Waals surface area contributed by atoms with E-state index in [4.69, 9.17) is 4.74 Å². The van der Waals surface area contributed by atoms with Crippen molar-refractivity contribution in [1.82, 2.24) is 14.9 Å². The Morgan fingerprint density at radius 1 is 1.23 bits per heavy atom. The Labute approximate surface area is 152 Å². The highest BCUT2D eigenvalue weighted by Crippen LogP contribution is 2.25. The number of morpholine rings is 1. The lowest BCUT2D eigenvalue weighted by Gasteiger charge is -2.38. The third kappa shape index (κ3) is 4.60. The molecule has 26 heavy (non-hydrogen) atoms. The van der Waals surface area contributed by atoms with Gasteiger partial charge in [0.1, 0.15) is 6.61 Å². The maximum Gasteiger partial charge on any atom is 0.254 e. The summed E-state index contributed by atoms with van der Waals surface area (Å²) >= 11 is 0. The number of rotatable bonds is 4. The van der Waals surface area contributed by atoms with Crippen molar-refractivity contribution >= 4 is 21.8 Å². The zero-order valence-electron chi connectivity index (χ0n) is 14.6. The number of likely N-dealkylation sites (tertiary alicyclic amines) is 1. The minimum absolute atomic E-state index is 0.147. The van der Waals surface area contributed by atoms with Crippen LogP contribution in [-0.4, -0.2) is 63.2 Å². The maximum atomic E-state index is 12.9. The lowest BCUT2D eigenvalue weighted by atomic mass is 9.97. The van der Waals surface area contributed by atoms with Gasteiger partial charge < -0.3 is 15.0 Å². The van der Waals surface area contributed by atoms with Gasteiger partial charge in [-0.25, -0.2) is 13.1 Å². The van der Waals surface area contributed by atoms with E-state index in [0.29, 0.717) is 25.9 Å². The van der Waals surface area contributed by atoms with E-state index in [-0.39, 0.29) is 24.5 Å². The summed E-state index contributed by atoms with van der Waals surface area (Å²) in [6.07, 6.45) is 1.45. The number of sulfonamides is 1. The zero-order valence-corrected chi connectivity index (χ0v) is 15.4. The summed E-state index contributed by atoms with van der Waals surface area (Å²) in [5.74, 6) is -0.435. The molecule has 9 heteroatoms. The second-order valence-corrected chi connectivity index (χ2v) is 8.46. The molecule has 8 nitrogen and oxygen atoms in total. The van der Waals surface area contributed by atoms with E-state index < -0.39 is 22.2 Å². The molecule has 2 N–H and O–H groups in total. The van der Waals surface area contributed by atoms with Gasteiger partial charge in [0.05, 0.1) is 12.3 Å². The van der Waals surface area contributed by atoms with Gasteiger partial charge >= 0.3 is 0 Å². The molecule has 1 aromatic carbocycles. The van der Waals surface area contributed by atoms with E-state index in [1.807, 2.05) is 30.3 Å². The molecular formula is C17H23N3O5S. The highest BCUT2D eigenvalue weighted by atomic mass is 32.2. The number of nitrogens with zero attached hydrogens (tertiary/aromatic N) is 1. The molecule has 2 saturated heterocycles. The summed E-state index contributed by atoms with van der Waals surface area (Å²) in [7, 11) is -3.26. The number of hydrogen-bond acceptors (Lipinski definition) is 5. The van der Waals surface area contributed by atoms with Crippen LogP contribution >= 0.6 is 0 Å². The molecule has 2 heterocycles. The third-order valence-electron chi connectivity index (χ3n) is 4.60. The number of benzene rings is 1.